The van der Waals surface area contributed by atoms with Crippen LogP contribution in [0.1, 0.15) is 161 Å². The van der Waals surface area contributed by atoms with Gasteiger partial charge in [-0.2, -0.15) is 16.7 Å². The molecular formula is C38H69N3Na2O13P2S. The first-order chi connectivity index (χ1) is 27.3. The molecule has 0 radical (unpaired) electrons. The quantitative estimate of drug-likeness (QED) is 0.0367. The van der Waals surface area contributed by atoms with Gasteiger partial charge in [-0.25, -0.2) is 9.11 Å². The third-order valence-electron chi connectivity index (χ3n) is 9.71. The van der Waals surface area contributed by atoms with Crippen molar-refractivity contribution >= 4 is 39.2 Å². The number of carbonyl (C=O) groups is 1. The van der Waals surface area contributed by atoms with Crippen LogP contribution in [0.3, 0.4) is 0 Å². The molecule has 0 bridgehead atoms. The van der Waals surface area contributed by atoms with Gasteiger partial charge in [0.25, 0.3) is 15.6 Å². The number of aliphatic hydroxyl groups is 2. The minimum atomic E-state index is -5.63. The second kappa shape index (κ2) is 35.0. The number of rotatable bonds is 35. The van der Waals surface area contributed by atoms with Crippen molar-refractivity contribution in [2.24, 2.45) is 0 Å². The van der Waals surface area contributed by atoms with Crippen LogP contribution in [0.5, 0.6) is 0 Å². The van der Waals surface area contributed by atoms with Crippen LogP contribution >= 0.6 is 27.4 Å². The average Bonchev–Trinajstić information content (AvgIpc) is 3.43. The topological polar surface area (TPSA) is 245 Å². The summed E-state index contributed by atoms with van der Waals surface area (Å²) in [5.41, 5.74) is 4.57. The van der Waals surface area contributed by atoms with Crippen LogP contribution < -0.4 is 80.3 Å². The zero-order valence-corrected chi connectivity index (χ0v) is 42.7. The molecule has 59 heavy (non-hydrogen) atoms. The van der Waals surface area contributed by atoms with Gasteiger partial charge in [-0.05, 0) is 24.7 Å². The Labute approximate surface area is 400 Å². The van der Waals surface area contributed by atoms with Crippen molar-refractivity contribution in [3.8, 4) is 0 Å². The van der Waals surface area contributed by atoms with Crippen LogP contribution in [0.25, 0.3) is 0 Å². The fourth-order valence-electron chi connectivity index (χ4n) is 6.43. The van der Waals surface area contributed by atoms with Gasteiger partial charge in [0, 0.05) is 18.4 Å². The monoisotopic (exact) mass is 915 g/mol. The van der Waals surface area contributed by atoms with E-state index in [0.717, 1.165) is 48.8 Å². The number of unbranched alkanes of at least 4 members (excludes halogenated alkanes) is 19. The molecule has 0 aromatic carbocycles. The molecule has 16 nitrogen and oxygen atoms in total. The van der Waals surface area contributed by atoms with Gasteiger partial charge in [-0.3, -0.25) is 18.5 Å². The number of nitrogen functional groups attached to an aromatic ring is 1. The summed E-state index contributed by atoms with van der Waals surface area (Å²) < 4.78 is 50.7. The molecule has 4 unspecified atom stereocenters. The Kier molecular flexibility index (Phi) is 35.3. The van der Waals surface area contributed by atoms with E-state index in [4.69, 9.17) is 19.7 Å². The van der Waals surface area contributed by atoms with Gasteiger partial charge in [0.15, 0.2) is 6.23 Å². The first kappa shape index (κ1) is 59.6. The molecule has 1 saturated heterocycles. The van der Waals surface area contributed by atoms with Crippen molar-refractivity contribution in [1.29, 1.82) is 0 Å². The Hall–Kier alpha value is 0.640. The van der Waals surface area contributed by atoms with Gasteiger partial charge in [0.2, 0.25) is 0 Å². The minimum absolute atomic E-state index is 0. The number of phosphoric acid groups is 2. The summed E-state index contributed by atoms with van der Waals surface area (Å²) in [6, 6.07) is 1.25. The average molecular weight is 916 g/mol. The largest absolute Gasteiger partial charge is 1.00 e. The van der Waals surface area contributed by atoms with Crippen LogP contribution in [0.4, 0.5) is 5.82 Å². The Balaban J connectivity index is 0.0000168. The van der Waals surface area contributed by atoms with E-state index in [1.165, 1.54) is 114 Å². The van der Waals surface area contributed by atoms with E-state index in [9.17, 15) is 38.7 Å². The summed E-state index contributed by atoms with van der Waals surface area (Å²) in [6.07, 6.45) is 18.3. The number of nitrogens with zero attached hydrogens (tertiary/aromatic N) is 2. The Morgan fingerprint density at radius 3 is 1.85 bits per heavy atom. The summed E-state index contributed by atoms with van der Waals surface area (Å²) in [7, 11) is -11.2. The van der Waals surface area contributed by atoms with Crippen molar-refractivity contribution in [1.82, 2.24) is 9.55 Å². The number of hydrogen-bond acceptors (Lipinski definition) is 16. The summed E-state index contributed by atoms with van der Waals surface area (Å²) in [6.45, 7) is 2.77. The van der Waals surface area contributed by atoms with Crippen molar-refractivity contribution in [3.63, 3.8) is 0 Å². The number of aliphatic hydroxyl groups excluding tert-OH is 2. The second-order valence-electron chi connectivity index (χ2n) is 14.8. The molecule has 7 atom stereocenters. The third-order valence-corrected chi connectivity index (χ3v) is 13.4. The molecule has 1 fully saturated rings. The van der Waals surface area contributed by atoms with E-state index in [0.29, 0.717) is 6.42 Å². The molecule has 0 saturated carbocycles. The van der Waals surface area contributed by atoms with Gasteiger partial charge >= 0.3 is 70.8 Å². The van der Waals surface area contributed by atoms with Crippen LogP contribution in [0.15, 0.2) is 17.1 Å². The van der Waals surface area contributed by atoms with Crippen LogP contribution in [0, 0.1) is 0 Å². The van der Waals surface area contributed by atoms with E-state index in [2.05, 4.69) is 27.7 Å². The fraction of sp³-hybridized carbons (Fsp3) is 0.868. The maximum absolute atomic E-state index is 12.7. The number of nitrogens with two attached hydrogens (primary N) is 1. The molecule has 0 aliphatic carbocycles. The first-order valence-corrected chi connectivity index (χ1v) is 25.1. The van der Waals surface area contributed by atoms with Crippen molar-refractivity contribution in [2.75, 3.05) is 30.5 Å². The zero-order valence-electron chi connectivity index (χ0n) is 36.1. The number of thioether (sulfide) groups is 1. The van der Waals surface area contributed by atoms with E-state index < -0.39 is 71.2 Å². The van der Waals surface area contributed by atoms with Gasteiger partial charge < -0.3 is 44.3 Å². The third kappa shape index (κ3) is 27.5. The summed E-state index contributed by atoms with van der Waals surface area (Å²) >= 11 is 1.49. The standard InChI is InChI=1S/C38H71N3O13P2S.2Na/c1-3-5-7-9-11-13-14-15-16-17-18-20-22-24-34(42)52-31(30-57-27-23-21-19-12-10-8-6-4-2)28-50-55(46,47)54-56(48,49)51-29-32-35(43)36(44)37(53-32)41-26-25-33(39)40-38(41)45;;/h25-26,31-32,35-37,43-44H,3-24,27-30H2,1-2H3,(H,46,47)(H,48,49)(H2,39,40,45);;/q;2*+1/p-2/t31?,32-,35-,36+,37?;;/m1../s1. The molecule has 4 N–H and O–H groups in total. The first-order valence-electron chi connectivity index (χ1n) is 21.0. The molecule has 332 valence electrons. The van der Waals surface area contributed by atoms with Crippen LogP contribution in [-0.2, 0) is 36.8 Å². The number of esters is 1. The van der Waals surface area contributed by atoms with Crippen LogP contribution in [0.2, 0.25) is 0 Å². The molecule has 1 aromatic rings. The summed E-state index contributed by atoms with van der Waals surface area (Å²) in [4.78, 5) is 53.5. The molecule has 1 aliphatic heterocycles. The Morgan fingerprint density at radius 2 is 1.32 bits per heavy atom. The number of ether oxygens (including phenoxy) is 2. The van der Waals surface area contributed by atoms with E-state index in [1.54, 1.807) is 0 Å². The summed E-state index contributed by atoms with van der Waals surface area (Å²) in [5, 5.41) is 20.8. The molecule has 21 heteroatoms. The van der Waals surface area contributed by atoms with Crippen molar-refractivity contribution in [2.45, 2.75) is 186 Å². The minimum Gasteiger partial charge on any atom is -0.756 e. The molecule has 2 rings (SSSR count). The maximum Gasteiger partial charge on any atom is 1.00 e. The number of aromatic nitrogens is 2. The Bertz CT molecular complexity index is 1410. The SMILES string of the molecule is CCCCCCCCCCCCCCCC(=O)OC(COP(=O)([O-])OP(=O)([O-])OC[C@H]1OC(n2ccc(N)nc2=O)[C@@H](O)[C@@H]1O)CSCCCCCCCCCC.[Na+].[Na+]. The number of carbonyl (C=O) groups excluding carboxylic acids is 1. The number of phosphoric ester groups is 2. The molecule has 0 amide bonds. The molecular weight excluding hydrogens is 846 g/mol. The predicted octanol–water partition coefficient (Wildman–Crippen LogP) is 0.706. The maximum atomic E-state index is 12.7. The van der Waals surface area contributed by atoms with Gasteiger partial charge in [0.05, 0.1) is 13.2 Å². The molecule has 1 aromatic heterocycles. The van der Waals surface area contributed by atoms with E-state index in [-0.39, 0.29) is 77.1 Å². The Morgan fingerprint density at radius 1 is 0.831 bits per heavy atom. The van der Waals surface area contributed by atoms with Gasteiger partial charge in [-0.15, -0.1) is 0 Å². The second-order valence-corrected chi connectivity index (χ2v) is 18.9. The number of hydrogen-bond donors (Lipinski definition) is 3. The molecule has 0 spiro atoms. The predicted molar refractivity (Wildman–Crippen MR) is 217 cm³/mol. The fourth-order valence-corrected chi connectivity index (χ4v) is 9.46. The zero-order chi connectivity index (χ0) is 41.9. The molecule has 2 heterocycles. The van der Waals surface area contributed by atoms with Crippen LogP contribution in [-0.4, -0.2) is 74.9 Å². The van der Waals surface area contributed by atoms with Gasteiger partial charge in [-0.1, -0.05) is 136 Å². The van der Waals surface area contributed by atoms with Crippen molar-refractivity contribution in [3.05, 3.63) is 22.7 Å². The van der Waals surface area contributed by atoms with Gasteiger partial charge in [0.1, 0.15) is 30.2 Å². The van der Waals surface area contributed by atoms with Crippen molar-refractivity contribution < 1.29 is 116 Å². The molecule has 1 aliphatic rings. The van der Waals surface area contributed by atoms with E-state index >= 15 is 0 Å². The normalized spacial score (nSPS) is 20.2. The van der Waals surface area contributed by atoms with E-state index in [1.807, 2.05) is 0 Å². The summed E-state index contributed by atoms with van der Waals surface area (Å²) in [5.74, 6) is 0.418. The smallest absolute Gasteiger partial charge is 0.756 e. The number of anilines is 1.